The Labute approximate surface area is 90.4 Å². The summed E-state index contributed by atoms with van der Waals surface area (Å²) >= 11 is 5.52. The van der Waals surface area contributed by atoms with Gasteiger partial charge in [0.25, 0.3) is 0 Å². The van der Waals surface area contributed by atoms with Crippen molar-refractivity contribution in [2.75, 3.05) is 20.3 Å². The van der Waals surface area contributed by atoms with Crippen LogP contribution < -0.4 is 10.2 Å². The molecule has 0 aliphatic rings. The molecule has 0 aromatic heterocycles. The van der Waals surface area contributed by atoms with Gasteiger partial charge in [0.05, 0.1) is 6.61 Å². The Morgan fingerprint density at radius 1 is 1.50 bits per heavy atom. The van der Waals surface area contributed by atoms with Gasteiger partial charge < -0.3 is 10.1 Å². The van der Waals surface area contributed by atoms with Gasteiger partial charge in [0.15, 0.2) is 0 Å². The van der Waals surface area contributed by atoms with Crippen molar-refractivity contribution in [1.82, 2.24) is 10.2 Å². The van der Waals surface area contributed by atoms with Crippen LogP contribution in [0.25, 0.3) is 0 Å². The lowest BCUT2D eigenvalue weighted by Gasteiger charge is -2.27. The average Bonchev–Trinajstić information content (AvgIpc) is 2.03. The lowest BCUT2D eigenvalue weighted by molar-refractivity contribution is -0.125. The Kier molecular flexibility index (Phi) is 6.08. The molecular weight excluding hydrogens is 204 g/mol. The Balaban J connectivity index is 4.06. The lowest BCUT2D eigenvalue weighted by Crippen LogP contribution is -2.49. The fourth-order valence-corrected chi connectivity index (χ4v) is 1.41. The van der Waals surface area contributed by atoms with Crippen LogP contribution in [0.3, 0.4) is 0 Å². The standard InChI is InChI=1S/C9H19ClN2O2/c1-9(2,3)7(12-10)8(13)11-5-6-14-4/h7,12H,5-6H2,1-4H3,(H,11,13)/t7-/m1/s1. The summed E-state index contributed by atoms with van der Waals surface area (Å²) in [7, 11) is 1.59. The van der Waals surface area contributed by atoms with E-state index in [-0.39, 0.29) is 11.3 Å². The largest absolute Gasteiger partial charge is 0.383 e. The molecule has 0 saturated carbocycles. The first-order valence-electron chi connectivity index (χ1n) is 4.56. The summed E-state index contributed by atoms with van der Waals surface area (Å²) in [5, 5.41) is 2.73. The molecule has 0 aliphatic carbocycles. The first-order valence-corrected chi connectivity index (χ1v) is 4.94. The van der Waals surface area contributed by atoms with Gasteiger partial charge in [-0.1, -0.05) is 20.8 Å². The van der Waals surface area contributed by atoms with Crippen molar-refractivity contribution >= 4 is 17.7 Å². The summed E-state index contributed by atoms with van der Waals surface area (Å²) in [5.74, 6) is -0.107. The zero-order valence-electron chi connectivity index (χ0n) is 9.19. The fraction of sp³-hybridized carbons (Fsp3) is 0.889. The highest BCUT2D eigenvalue weighted by atomic mass is 35.5. The van der Waals surface area contributed by atoms with Crippen molar-refractivity contribution in [3.63, 3.8) is 0 Å². The number of carbonyl (C=O) groups excluding carboxylic acids is 1. The quantitative estimate of drug-likeness (QED) is 0.537. The predicted octanol–water partition coefficient (Wildman–Crippen LogP) is 0.907. The van der Waals surface area contributed by atoms with Crippen LogP contribution in [0.15, 0.2) is 0 Å². The van der Waals surface area contributed by atoms with Gasteiger partial charge in [0.1, 0.15) is 6.04 Å². The lowest BCUT2D eigenvalue weighted by atomic mass is 9.87. The summed E-state index contributed by atoms with van der Waals surface area (Å²) in [6, 6.07) is -0.402. The Bertz CT molecular complexity index is 180. The number of hydrogen-bond acceptors (Lipinski definition) is 3. The van der Waals surface area contributed by atoms with Crippen LogP contribution in [0.1, 0.15) is 20.8 Å². The normalized spacial score (nSPS) is 13.8. The summed E-state index contributed by atoms with van der Waals surface area (Å²) in [6.07, 6.45) is 0. The van der Waals surface area contributed by atoms with Crippen molar-refractivity contribution in [1.29, 1.82) is 0 Å². The van der Waals surface area contributed by atoms with E-state index in [1.54, 1.807) is 7.11 Å². The summed E-state index contributed by atoms with van der Waals surface area (Å²) in [4.78, 5) is 14.1. The molecule has 0 bridgehead atoms. The SMILES string of the molecule is COCCNC(=O)[C@@H](NCl)C(C)(C)C. The number of rotatable bonds is 5. The van der Waals surface area contributed by atoms with E-state index in [4.69, 9.17) is 16.5 Å². The molecule has 1 atom stereocenters. The van der Waals surface area contributed by atoms with Gasteiger partial charge in [-0.2, -0.15) is 0 Å². The van der Waals surface area contributed by atoms with Crippen molar-refractivity contribution in [2.45, 2.75) is 26.8 Å². The summed E-state index contributed by atoms with van der Waals surface area (Å²) in [6.45, 7) is 6.85. The molecule has 0 rings (SSSR count). The Hall–Kier alpha value is -0.320. The molecule has 84 valence electrons. The van der Waals surface area contributed by atoms with Crippen LogP contribution in [-0.4, -0.2) is 32.2 Å². The molecule has 2 N–H and O–H groups in total. The van der Waals surface area contributed by atoms with Crippen molar-refractivity contribution in [3.05, 3.63) is 0 Å². The highest BCUT2D eigenvalue weighted by molar-refractivity contribution is 6.15. The van der Waals surface area contributed by atoms with E-state index >= 15 is 0 Å². The van der Waals surface area contributed by atoms with Gasteiger partial charge >= 0.3 is 0 Å². The maximum absolute atomic E-state index is 11.6. The zero-order chi connectivity index (χ0) is 11.2. The molecule has 0 fully saturated rings. The number of nitrogens with one attached hydrogen (secondary N) is 2. The molecule has 0 aromatic carbocycles. The minimum atomic E-state index is -0.402. The maximum Gasteiger partial charge on any atom is 0.239 e. The molecule has 0 saturated heterocycles. The number of carbonyl (C=O) groups is 1. The van der Waals surface area contributed by atoms with Crippen LogP contribution in [-0.2, 0) is 9.53 Å². The number of hydrogen-bond donors (Lipinski definition) is 2. The Morgan fingerprint density at radius 2 is 2.07 bits per heavy atom. The second-order valence-electron chi connectivity index (χ2n) is 4.19. The molecule has 0 aromatic rings. The minimum absolute atomic E-state index is 0.107. The smallest absolute Gasteiger partial charge is 0.239 e. The van der Waals surface area contributed by atoms with E-state index in [0.29, 0.717) is 13.2 Å². The molecule has 1 amide bonds. The van der Waals surface area contributed by atoms with Gasteiger partial charge in [-0.25, -0.2) is 4.84 Å². The third kappa shape index (κ3) is 4.79. The molecule has 0 heterocycles. The molecule has 0 unspecified atom stereocenters. The van der Waals surface area contributed by atoms with Crippen molar-refractivity contribution < 1.29 is 9.53 Å². The van der Waals surface area contributed by atoms with Gasteiger partial charge in [0, 0.05) is 13.7 Å². The average molecular weight is 223 g/mol. The van der Waals surface area contributed by atoms with Crippen LogP contribution in [0, 0.1) is 5.41 Å². The topological polar surface area (TPSA) is 50.4 Å². The van der Waals surface area contributed by atoms with Gasteiger partial charge in [0.2, 0.25) is 5.91 Å². The fourth-order valence-electron chi connectivity index (χ4n) is 0.985. The molecule has 5 heteroatoms. The number of ether oxygens (including phenoxy) is 1. The van der Waals surface area contributed by atoms with E-state index in [0.717, 1.165) is 0 Å². The zero-order valence-corrected chi connectivity index (χ0v) is 9.94. The van der Waals surface area contributed by atoms with E-state index < -0.39 is 6.04 Å². The summed E-state index contributed by atoms with van der Waals surface area (Å²) in [5.41, 5.74) is -0.209. The van der Waals surface area contributed by atoms with Gasteiger partial charge in [-0.15, -0.1) is 0 Å². The minimum Gasteiger partial charge on any atom is -0.383 e. The first-order chi connectivity index (χ1) is 6.43. The van der Waals surface area contributed by atoms with Crippen molar-refractivity contribution in [2.24, 2.45) is 5.41 Å². The highest BCUT2D eigenvalue weighted by Crippen LogP contribution is 2.19. The van der Waals surface area contributed by atoms with Gasteiger partial charge in [-0.05, 0) is 17.2 Å². The predicted molar refractivity (Wildman–Crippen MR) is 57.1 cm³/mol. The number of amides is 1. The van der Waals surface area contributed by atoms with Gasteiger partial charge in [-0.3, -0.25) is 4.79 Å². The first kappa shape index (κ1) is 13.7. The third-order valence-electron chi connectivity index (χ3n) is 1.84. The van der Waals surface area contributed by atoms with E-state index in [9.17, 15) is 4.79 Å². The molecule has 14 heavy (non-hydrogen) atoms. The van der Waals surface area contributed by atoms with E-state index in [1.807, 2.05) is 20.8 Å². The van der Waals surface area contributed by atoms with Crippen LogP contribution in [0.5, 0.6) is 0 Å². The highest BCUT2D eigenvalue weighted by Gasteiger charge is 2.30. The molecule has 0 spiro atoms. The molecule has 0 aliphatic heterocycles. The van der Waals surface area contributed by atoms with Crippen LogP contribution >= 0.6 is 11.8 Å². The third-order valence-corrected chi connectivity index (χ3v) is 2.06. The molecular formula is C9H19ClN2O2. The maximum atomic E-state index is 11.6. The second kappa shape index (κ2) is 6.22. The molecule has 4 nitrogen and oxygen atoms in total. The monoisotopic (exact) mass is 222 g/mol. The summed E-state index contributed by atoms with van der Waals surface area (Å²) < 4.78 is 4.82. The van der Waals surface area contributed by atoms with Crippen LogP contribution in [0.2, 0.25) is 0 Å². The second-order valence-corrected chi connectivity index (χ2v) is 4.41. The van der Waals surface area contributed by atoms with Crippen LogP contribution in [0.4, 0.5) is 0 Å². The number of halogens is 1. The Morgan fingerprint density at radius 3 is 2.43 bits per heavy atom. The molecule has 0 radical (unpaired) electrons. The van der Waals surface area contributed by atoms with Crippen molar-refractivity contribution in [3.8, 4) is 0 Å². The van der Waals surface area contributed by atoms with E-state index in [1.165, 1.54) is 0 Å². The number of methoxy groups -OCH3 is 1. The van der Waals surface area contributed by atoms with E-state index in [2.05, 4.69) is 10.2 Å².